The molecule has 0 spiro atoms. The first-order valence-corrected chi connectivity index (χ1v) is 4.35. The van der Waals surface area contributed by atoms with Crippen molar-refractivity contribution in [1.82, 2.24) is 0 Å². The van der Waals surface area contributed by atoms with E-state index in [2.05, 4.69) is 4.74 Å². The Hall–Kier alpha value is -2.05. The van der Waals surface area contributed by atoms with Gasteiger partial charge in [-0.25, -0.2) is 4.79 Å². The van der Waals surface area contributed by atoms with E-state index in [1.54, 1.807) is 0 Å². The lowest BCUT2D eigenvalue weighted by molar-refractivity contribution is -0.141. The summed E-state index contributed by atoms with van der Waals surface area (Å²) in [6.07, 6.45) is -4.80. The van der Waals surface area contributed by atoms with E-state index in [9.17, 15) is 22.8 Å². The highest BCUT2D eigenvalue weighted by Gasteiger charge is 2.35. The molecule has 0 heterocycles. The zero-order chi connectivity index (χ0) is 13.2. The normalized spacial score (nSPS) is 11.1. The first-order valence-electron chi connectivity index (χ1n) is 4.35. The Bertz CT molecular complexity index is 465. The molecular formula is C10H7F3O4. The second-order valence-electron chi connectivity index (χ2n) is 3.11. The molecule has 0 saturated carbocycles. The maximum Gasteiger partial charge on any atom is 0.420 e. The van der Waals surface area contributed by atoms with Crippen LogP contribution < -0.4 is 4.74 Å². The highest BCUT2D eigenvalue weighted by atomic mass is 19.4. The van der Waals surface area contributed by atoms with Crippen LogP contribution in [0.3, 0.4) is 0 Å². The molecular weight excluding hydrogens is 241 g/mol. The molecule has 0 unspecified atom stereocenters. The molecule has 0 saturated heterocycles. The molecule has 4 nitrogen and oxygen atoms in total. The van der Waals surface area contributed by atoms with Gasteiger partial charge in [0.1, 0.15) is 5.75 Å². The van der Waals surface area contributed by atoms with Crippen LogP contribution in [0.4, 0.5) is 13.2 Å². The molecule has 0 bridgehead atoms. The van der Waals surface area contributed by atoms with Crippen LogP contribution in [0.1, 0.15) is 22.8 Å². The van der Waals surface area contributed by atoms with Gasteiger partial charge in [-0.3, -0.25) is 4.79 Å². The Labute approximate surface area is 93.6 Å². The van der Waals surface area contributed by atoms with Crippen LogP contribution in [0.25, 0.3) is 0 Å². The third-order valence-electron chi connectivity index (χ3n) is 1.79. The van der Waals surface area contributed by atoms with Crippen molar-refractivity contribution in [3.8, 4) is 5.75 Å². The number of esters is 1. The highest BCUT2D eigenvalue weighted by Crippen LogP contribution is 2.36. The highest BCUT2D eigenvalue weighted by molar-refractivity contribution is 5.88. The van der Waals surface area contributed by atoms with Crippen LogP contribution >= 0.6 is 0 Å². The van der Waals surface area contributed by atoms with E-state index in [-0.39, 0.29) is 0 Å². The molecule has 0 aliphatic rings. The van der Waals surface area contributed by atoms with Crippen molar-refractivity contribution in [2.45, 2.75) is 13.1 Å². The SMILES string of the molecule is CC(=O)Oc1ccc(C(=O)O)cc1C(F)(F)F. The number of carbonyl (C=O) groups excluding carboxylic acids is 1. The van der Waals surface area contributed by atoms with Gasteiger partial charge >= 0.3 is 18.1 Å². The Kier molecular flexibility index (Phi) is 3.40. The maximum atomic E-state index is 12.6. The first kappa shape index (κ1) is 13.0. The summed E-state index contributed by atoms with van der Waals surface area (Å²) in [4.78, 5) is 21.1. The van der Waals surface area contributed by atoms with Gasteiger partial charge in [-0.15, -0.1) is 0 Å². The molecule has 1 aromatic rings. The quantitative estimate of drug-likeness (QED) is 0.644. The summed E-state index contributed by atoms with van der Waals surface area (Å²) in [5.41, 5.74) is -1.83. The van der Waals surface area contributed by atoms with Gasteiger partial charge < -0.3 is 9.84 Å². The fraction of sp³-hybridized carbons (Fsp3) is 0.200. The number of hydrogen-bond donors (Lipinski definition) is 1. The lowest BCUT2D eigenvalue weighted by Gasteiger charge is -2.12. The van der Waals surface area contributed by atoms with Gasteiger partial charge in [0.05, 0.1) is 11.1 Å². The smallest absolute Gasteiger partial charge is 0.420 e. The lowest BCUT2D eigenvalue weighted by atomic mass is 10.1. The van der Waals surface area contributed by atoms with E-state index in [0.717, 1.165) is 19.1 Å². The van der Waals surface area contributed by atoms with E-state index >= 15 is 0 Å². The Morgan fingerprint density at radius 3 is 2.29 bits per heavy atom. The van der Waals surface area contributed by atoms with Crippen molar-refractivity contribution in [3.05, 3.63) is 29.3 Å². The summed E-state index contributed by atoms with van der Waals surface area (Å²) >= 11 is 0. The average molecular weight is 248 g/mol. The number of halogens is 3. The second-order valence-corrected chi connectivity index (χ2v) is 3.11. The van der Waals surface area contributed by atoms with E-state index in [4.69, 9.17) is 5.11 Å². The summed E-state index contributed by atoms with van der Waals surface area (Å²) in [6, 6.07) is 2.14. The number of ether oxygens (including phenoxy) is 1. The molecule has 0 aliphatic carbocycles. The van der Waals surface area contributed by atoms with Gasteiger partial charge in [0.15, 0.2) is 0 Å². The van der Waals surface area contributed by atoms with Crippen molar-refractivity contribution >= 4 is 11.9 Å². The number of aromatic carboxylic acids is 1. The standard InChI is InChI=1S/C10H7F3O4/c1-5(14)17-8-3-2-6(9(15)16)4-7(8)10(11,12)13/h2-4H,1H3,(H,15,16). The van der Waals surface area contributed by atoms with E-state index < -0.39 is 35.0 Å². The zero-order valence-corrected chi connectivity index (χ0v) is 8.54. The van der Waals surface area contributed by atoms with E-state index in [0.29, 0.717) is 6.07 Å². The van der Waals surface area contributed by atoms with Gasteiger partial charge in [-0.2, -0.15) is 13.2 Å². The molecule has 7 heteroatoms. The van der Waals surface area contributed by atoms with Crippen molar-refractivity contribution in [3.63, 3.8) is 0 Å². The predicted octanol–water partition coefficient (Wildman–Crippen LogP) is 2.33. The third-order valence-corrected chi connectivity index (χ3v) is 1.79. The topological polar surface area (TPSA) is 63.6 Å². The molecule has 0 amide bonds. The largest absolute Gasteiger partial charge is 0.478 e. The van der Waals surface area contributed by atoms with Gasteiger partial charge in [-0.05, 0) is 18.2 Å². The number of alkyl halides is 3. The van der Waals surface area contributed by atoms with Crippen LogP contribution in [0.5, 0.6) is 5.75 Å². The number of carbonyl (C=O) groups is 2. The van der Waals surface area contributed by atoms with Crippen LogP contribution in [0.15, 0.2) is 18.2 Å². The molecule has 17 heavy (non-hydrogen) atoms. The minimum absolute atomic E-state index is 0.417. The van der Waals surface area contributed by atoms with Crippen LogP contribution in [-0.2, 0) is 11.0 Å². The summed E-state index contributed by atoms with van der Waals surface area (Å²) in [5, 5.41) is 8.57. The summed E-state index contributed by atoms with van der Waals surface area (Å²) in [5.74, 6) is -3.13. The molecule has 0 aliphatic heterocycles. The third kappa shape index (κ3) is 3.20. The van der Waals surface area contributed by atoms with Crippen LogP contribution in [-0.4, -0.2) is 17.0 Å². The van der Waals surface area contributed by atoms with Crippen molar-refractivity contribution in [2.24, 2.45) is 0 Å². The molecule has 0 radical (unpaired) electrons. The molecule has 0 fully saturated rings. The van der Waals surface area contributed by atoms with Gasteiger partial charge in [0.2, 0.25) is 0 Å². The van der Waals surface area contributed by atoms with Gasteiger partial charge in [-0.1, -0.05) is 0 Å². The van der Waals surface area contributed by atoms with Crippen molar-refractivity contribution < 1.29 is 32.6 Å². The van der Waals surface area contributed by atoms with Gasteiger partial charge in [0, 0.05) is 6.92 Å². The Morgan fingerprint density at radius 1 is 1.29 bits per heavy atom. The Morgan fingerprint density at radius 2 is 1.88 bits per heavy atom. The minimum atomic E-state index is -4.80. The van der Waals surface area contributed by atoms with Crippen LogP contribution in [0.2, 0.25) is 0 Å². The summed E-state index contributed by atoms with van der Waals surface area (Å²) in [7, 11) is 0. The monoisotopic (exact) mass is 248 g/mol. The number of benzene rings is 1. The minimum Gasteiger partial charge on any atom is -0.478 e. The van der Waals surface area contributed by atoms with Crippen molar-refractivity contribution in [2.75, 3.05) is 0 Å². The molecule has 0 atom stereocenters. The second kappa shape index (κ2) is 4.44. The summed E-state index contributed by atoms with van der Waals surface area (Å²) < 4.78 is 42.0. The maximum absolute atomic E-state index is 12.6. The number of carboxylic acids is 1. The number of rotatable bonds is 2. The van der Waals surface area contributed by atoms with Gasteiger partial charge in [0.25, 0.3) is 0 Å². The Balaban J connectivity index is 3.31. The van der Waals surface area contributed by atoms with Crippen LogP contribution in [0, 0.1) is 0 Å². The molecule has 92 valence electrons. The first-order chi connectivity index (χ1) is 7.71. The molecule has 1 aromatic carbocycles. The van der Waals surface area contributed by atoms with E-state index in [1.807, 2.05) is 0 Å². The number of hydrogen-bond acceptors (Lipinski definition) is 3. The molecule has 1 N–H and O–H groups in total. The summed E-state index contributed by atoms with van der Waals surface area (Å²) in [6.45, 7) is 0.950. The average Bonchev–Trinajstić information content (AvgIpc) is 2.15. The fourth-order valence-corrected chi connectivity index (χ4v) is 1.13. The van der Waals surface area contributed by atoms with Crippen molar-refractivity contribution in [1.29, 1.82) is 0 Å². The predicted molar refractivity (Wildman–Crippen MR) is 49.7 cm³/mol. The number of carboxylic acid groups (broad SMARTS) is 1. The fourth-order valence-electron chi connectivity index (χ4n) is 1.13. The van der Waals surface area contributed by atoms with E-state index in [1.165, 1.54) is 0 Å². The molecule has 1 rings (SSSR count). The molecule has 0 aromatic heterocycles. The lowest BCUT2D eigenvalue weighted by Crippen LogP contribution is -2.12. The zero-order valence-electron chi connectivity index (χ0n) is 8.54.